The van der Waals surface area contributed by atoms with E-state index in [1.807, 2.05) is 0 Å². The molecule has 0 nitrogen and oxygen atoms in total. The van der Waals surface area contributed by atoms with Crippen LogP contribution in [-0.2, 0) is 13.9 Å². The van der Waals surface area contributed by atoms with Crippen molar-refractivity contribution in [2.45, 2.75) is 41.5 Å². The van der Waals surface area contributed by atoms with Crippen molar-refractivity contribution in [3.8, 4) is 0 Å². The number of rotatable bonds is 6. The molecule has 0 spiro atoms. The van der Waals surface area contributed by atoms with Gasteiger partial charge in [-0.25, -0.2) is 0 Å². The van der Waals surface area contributed by atoms with E-state index in [9.17, 15) is 0 Å². The predicted molar refractivity (Wildman–Crippen MR) is 217 cm³/mol. The first-order chi connectivity index (χ1) is 22.7. The molecule has 0 aliphatic rings. The average molecular weight is 875 g/mol. The van der Waals surface area contributed by atoms with Gasteiger partial charge in [-0.1, -0.05) is 179 Å². The van der Waals surface area contributed by atoms with Crippen molar-refractivity contribution in [1.82, 2.24) is 0 Å². The molecule has 244 valence electrons. The molecule has 47 heavy (non-hydrogen) atoms. The van der Waals surface area contributed by atoms with Gasteiger partial charge in [-0.15, -0.1) is 0 Å². The van der Waals surface area contributed by atoms with Crippen LogP contribution in [0.2, 0.25) is 0 Å². The van der Waals surface area contributed by atoms with E-state index in [1.165, 1.54) is 65.2 Å². The third-order valence-electron chi connectivity index (χ3n) is 7.75. The number of aryl methyl sites for hydroxylation is 6. The first-order valence-electron chi connectivity index (χ1n) is 15.5. The third-order valence-corrected chi connectivity index (χ3v) is 12.6. The minimum absolute atomic E-state index is 0.483. The molecule has 0 fully saturated rings. The summed E-state index contributed by atoms with van der Waals surface area (Å²) in [6, 6.07) is 53.9. The van der Waals surface area contributed by atoms with Crippen LogP contribution in [0.15, 0.2) is 146 Å². The van der Waals surface area contributed by atoms with Crippen molar-refractivity contribution >= 4 is 74.5 Å². The van der Waals surface area contributed by atoms with Gasteiger partial charge in [-0.2, -0.15) is 0 Å². The summed E-state index contributed by atoms with van der Waals surface area (Å²) < 4.78 is 0. The molecular formula is C42H42Br2P2Pd. The van der Waals surface area contributed by atoms with Gasteiger partial charge < -0.3 is 0 Å². The molecule has 0 aliphatic heterocycles. The van der Waals surface area contributed by atoms with E-state index < -0.39 is 15.8 Å². The van der Waals surface area contributed by atoms with E-state index in [-0.39, 0.29) is 0 Å². The van der Waals surface area contributed by atoms with Crippen molar-refractivity contribution in [2.75, 3.05) is 0 Å². The summed E-state index contributed by atoms with van der Waals surface area (Å²) in [6.45, 7) is 12.9. The number of halogens is 2. The first-order valence-corrected chi connectivity index (χ1v) is 25.3. The quantitative estimate of drug-likeness (QED) is 0.116. The molecule has 0 amide bonds. The number of hydrogen-bond donors (Lipinski definition) is 0. The van der Waals surface area contributed by atoms with Crippen molar-refractivity contribution < 1.29 is 13.9 Å². The van der Waals surface area contributed by atoms with Crippen molar-refractivity contribution in [3.63, 3.8) is 0 Å². The molecule has 0 radical (unpaired) electrons. The first kappa shape index (κ1) is 37.6. The van der Waals surface area contributed by atoms with Gasteiger partial charge in [0.2, 0.25) is 0 Å². The Hall–Kier alpha value is -2.20. The molecule has 6 aromatic carbocycles. The molecule has 0 aromatic heterocycles. The SMILES string of the molecule is Cc1ccc(P(c2ccc(C)cc2)c2ccc(C)cc2)cc1.Cc1ccc(P(c2ccc(C)cc2)c2ccc(C)cc2)cc1.[Br][Pd][Br]. The topological polar surface area (TPSA) is 0 Å². The molecule has 6 rings (SSSR count). The normalized spacial score (nSPS) is 10.7. The monoisotopic (exact) mass is 872 g/mol. The van der Waals surface area contributed by atoms with Crippen molar-refractivity contribution in [1.29, 1.82) is 0 Å². The van der Waals surface area contributed by atoms with Gasteiger partial charge in [0.1, 0.15) is 0 Å². The molecule has 5 heteroatoms. The van der Waals surface area contributed by atoms with Gasteiger partial charge in [-0.05, 0) is 89.2 Å². The fourth-order valence-electron chi connectivity index (χ4n) is 5.06. The molecule has 0 atom stereocenters. The van der Waals surface area contributed by atoms with Gasteiger partial charge >= 0.3 is 40.8 Å². The predicted octanol–water partition coefficient (Wildman–Crippen LogP) is 10.4. The van der Waals surface area contributed by atoms with Gasteiger partial charge in [0, 0.05) is 0 Å². The fraction of sp³-hybridized carbons (Fsp3) is 0.143. The number of benzene rings is 6. The third kappa shape index (κ3) is 11.4. The van der Waals surface area contributed by atoms with Crippen LogP contribution in [0.25, 0.3) is 0 Å². The summed E-state index contributed by atoms with van der Waals surface area (Å²) >= 11 is 6.80. The van der Waals surface area contributed by atoms with Crippen molar-refractivity contribution in [2.24, 2.45) is 0 Å². The zero-order valence-electron chi connectivity index (χ0n) is 27.8. The van der Waals surface area contributed by atoms with E-state index in [0.717, 1.165) is 0 Å². The second-order valence-corrected chi connectivity index (χ2v) is 23.3. The molecule has 6 aromatic rings. The van der Waals surface area contributed by atoms with Crippen molar-refractivity contribution in [3.05, 3.63) is 179 Å². The summed E-state index contributed by atoms with van der Waals surface area (Å²) in [6.07, 6.45) is 0. The molecule has 0 heterocycles. The maximum atomic E-state index is 3.11. The molecule has 0 N–H and O–H groups in total. The summed E-state index contributed by atoms with van der Waals surface area (Å²) in [7, 11) is -0.966. The van der Waals surface area contributed by atoms with Crippen LogP contribution in [0.3, 0.4) is 0 Å². The second kappa shape index (κ2) is 19.1. The summed E-state index contributed by atoms with van der Waals surface area (Å²) in [5.41, 5.74) is 7.87. The standard InChI is InChI=1S/2C21H21P.2BrH.Pd/c2*1-16-4-10-19(11-5-16)22(20-12-6-17(2)7-13-20)21-14-8-18(3)9-15-21;;;/h2*4-15H,1-3H3;2*1H;/q;;;;+2/p-2. The zero-order valence-corrected chi connectivity index (χ0v) is 34.3. The van der Waals surface area contributed by atoms with E-state index in [4.69, 9.17) is 0 Å². The van der Waals surface area contributed by atoms with Gasteiger partial charge in [0.25, 0.3) is 0 Å². The number of hydrogen-bond acceptors (Lipinski definition) is 0. The Morgan fingerprint density at radius 3 is 0.489 bits per heavy atom. The molecule has 0 aliphatic carbocycles. The van der Waals surface area contributed by atoms with Gasteiger partial charge in [-0.3, -0.25) is 0 Å². The molecular weight excluding hydrogens is 833 g/mol. The average Bonchev–Trinajstić information content (AvgIpc) is 3.07. The van der Waals surface area contributed by atoms with Crippen LogP contribution in [0, 0.1) is 41.5 Å². The molecule has 0 saturated heterocycles. The van der Waals surface area contributed by atoms with Crippen LogP contribution in [0.1, 0.15) is 33.4 Å². The Balaban J connectivity index is 0.000000197. The Morgan fingerprint density at radius 2 is 0.383 bits per heavy atom. The molecule has 0 saturated carbocycles. The van der Waals surface area contributed by atoms with Crippen LogP contribution in [0.5, 0.6) is 0 Å². The zero-order chi connectivity index (χ0) is 33.8. The Labute approximate surface area is 306 Å². The summed E-state index contributed by atoms with van der Waals surface area (Å²) in [4.78, 5) is 0. The van der Waals surface area contributed by atoms with Crippen LogP contribution in [0.4, 0.5) is 0 Å². The van der Waals surface area contributed by atoms with Gasteiger partial charge in [0.05, 0.1) is 0 Å². The molecule has 0 unspecified atom stereocenters. The Bertz CT molecular complexity index is 1430. The van der Waals surface area contributed by atoms with Crippen LogP contribution in [-0.4, -0.2) is 0 Å². The van der Waals surface area contributed by atoms with E-state index >= 15 is 0 Å². The van der Waals surface area contributed by atoms with Crippen LogP contribution < -0.4 is 31.8 Å². The second-order valence-electron chi connectivity index (χ2n) is 11.7. The Morgan fingerprint density at radius 1 is 0.277 bits per heavy atom. The van der Waals surface area contributed by atoms with E-state index in [2.05, 4.69) is 214 Å². The maximum absolute atomic E-state index is 3.11. The van der Waals surface area contributed by atoms with Gasteiger partial charge in [0.15, 0.2) is 0 Å². The minimum atomic E-state index is -0.483. The Kier molecular flexibility index (Phi) is 15.3. The summed E-state index contributed by atoms with van der Waals surface area (Å²) in [5.74, 6) is 0. The van der Waals surface area contributed by atoms with Crippen LogP contribution >= 0.6 is 42.7 Å². The van der Waals surface area contributed by atoms with E-state index in [1.54, 1.807) is 0 Å². The van der Waals surface area contributed by atoms with E-state index in [0.29, 0.717) is 13.9 Å². The molecule has 0 bridgehead atoms. The summed E-state index contributed by atoms with van der Waals surface area (Å²) in [5, 5.41) is 8.46. The fourth-order valence-corrected chi connectivity index (χ4v) is 9.53.